The Morgan fingerprint density at radius 2 is 2.09 bits per heavy atom. The monoisotopic (exact) mass is 322 g/mol. The van der Waals surface area contributed by atoms with Crippen LogP contribution in [0.2, 0.25) is 0 Å². The van der Waals surface area contributed by atoms with Crippen molar-refractivity contribution in [2.75, 3.05) is 13.2 Å². The highest BCUT2D eigenvalue weighted by molar-refractivity contribution is 5.69. The maximum Gasteiger partial charge on any atom is 0.410 e. The van der Waals surface area contributed by atoms with E-state index in [0.29, 0.717) is 12.3 Å². The normalized spacial score (nSPS) is 14.2. The van der Waals surface area contributed by atoms with Crippen LogP contribution in [0, 0.1) is 10.1 Å². The number of hydrogen-bond acceptors (Lipinski definition) is 5. The van der Waals surface area contributed by atoms with Gasteiger partial charge in [0.2, 0.25) is 0 Å². The molecule has 0 spiro atoms. The Labute approximate surface area is 135 Å². The fourth-order valence-electron chi connectivity index (χ4n) is 2.08. The molecule has 126 valence electrons. The number of carbonyl (C=O) groups is 1. The summed E-state index contributed by atoms with van der Waals surface area (Å²) in [7, 11) is 0. The summed E-state index contributed by atoms with van der Waals surface area (Å²) in [6.45, 7) is 6.14. The summed E-state index contributed by atoms with van der Waals surface area (Å²) in [6.07, 6.45) is 1.59. The number of carbonyl (C=O) groups excluding carboxylic acids is 1. The van der Waals surface area contributed by atoms with Gasteiger partial charge in [-0.05, 0) is 39.7 Å². The third-order valence-corrected chi connectivity index (χ3v) is 3.25. The second-order valence-corrected chi connectivity index (χ2v) is 6.51. The Hall–Kier alpha value is -2.31. The Bertz CT molecular complexity index is 578. The topological polar surface area (TPSA) is 81.9 Å². The van der Waals surface area contributed by atoms with Crippen molar-refractivity contribution in [1.82, 2.24) is 4.90 Å². The van der Waals surface area contributed by atoms with Crippen LogP contribution in [0.4, 0.5) is 10.5 Å². The van der Waals surface area contributed by atoms with E-state index in [1.54, 1.807) is 17.0 Å². The van der Waals surface area contributed by atoms with E-state index >= 15 is 0 Å². The van der Waals surface area contributed by atoms with Gasteiger partial charge in [-0.1, -0.05) is 6.07 Å². The minimum absolute atomic E-state index is 0.0197. The van der Waals surface area contributed by atoms with Crippen LogP contribution >= 0.6 is 0 Å². The molecular weight excluding hydrogens is 300 g/mol. The van der Waals surface area contributed by atoms with Gasteiger partial charge >= 0.3 is 6.09 Å². The SMILES string of the molecule is CC(C)(C)OC(=O)N(CCOc1cccc([N+](=O)[O-])c1)C1CC1. The molecule has 23 heavy (non-hydrogen) atoms. The molecule has 0 bridgehead atoms. The molecule has 0 aromatic heterocycles. The van der Waals surface area contributed by atoms with E-state index in [-0.39, 0.29) is 24.4 Å². The summed E-state index contributed by atoms with van der Waals surface area (Å²) in [6, 6.07) is 6.21. The van der Waals surface area contributed by atoms with Gasteiger partial charge < -0.3 is 14.4 Å². The molecule has 1 amide bonds. The van der Waals surface area contributed by atoms with Gasteiger partial charge in [-0.2, -0.15) is 0 Å². The van der Waals surface area contributed by atoms with Crippen LogP contribution in [0.1, 0.15) is 33.6 Å². The standard InChI is InChI=1S/C16H22N2O5/c1-16(2,3)23-15(19)17(12-7-8-12)9-10-22-14-6-4-5-13(11-14)18(20)21/h4-6,11-12H,7-10H2,1-3H3. The van der Waals surface area contributed by atoms with Crippen molar-refractivity contribution < 1.29 is 19.2 Å². The van der Waals surface area contributed by atoms with Gasteiger partial charge in [0.15, 0.2) is 0 Å². The van der Waals surface area contributed by atoms with E-state index in [2.05, 4.69) is 0 Å². The summed E-state index contributed by atoms with van der Waals surface area (Å²) < 4.78 is 10.9. The number of rotatable bonds is 6. The van der Waals surface area contributed by atoms with Crippen molar-refractivity contribution in [1.29, 1.82) is 0 Å². The van der Waals surface area contributed by atoms with Gasteiger partial charge in [-0.15, -0.1) is 0 Å². The van der Waals surface area contributed by atoms with Gasteiger partial charge in [0.05, 0.1) is 17.5 Å². The molecule has 1 fully saturated rings. The lowest BCUT2D eigenvalue weighted by molar-refractivity contribution is -0.384. The van der Waals surface area contributed by atoms with E-state index in [9.17, 15) is 14.9 Å². The van der Waals surface area contributed by atoms with Crippen LogP contribution in [0.5, 0.6) is 5.75 Å². The largest absolute Gasteiger partial charge is 0.491 e. The number of hydrogen-bond donors (Lipinski definition) is 0. The third-order valence-electron chi connectivity index (χ3n) is 3.25. The van der Waals surface area contributed by atoms with Crippen LogP contribution in [0.25, 0.3) is 0 Å². The third kappa shape index (κ3) is 5.43. The molecule has 1 aromatic rings. The molecule has 1 aliphatic rings. The van der Waals surface area contributed by atoms with Crippen molar-refractivity contribution in [3.05, 3.63) is 34.4 Å². The number of nitro groups is 1. The van der Waals surface area contributed by atoms with Gasteiger partial charge in [0, 0.05) is 12.1 Å². The molecule has 1 saturated carbocycles. The van der Waals surface area contributed by atoms with Crippen molar-refractivity contribution in [2.45, 2.75) is 45.3 Å². The summed E-state index contributed by atoms with van der Waals surface area (Å²) in [5.41, 5.74) is -0.556. The zero-order valence-electron chi connectivity index (χ0n) is 13.7. The first-order chi connectivity index (χ1) is 10.8. The minimum atomic E-state index is -0.537. The average Bonchev–Trinajstić information content (AvgIpc) is 3.26. The first kappa shape index (κ1) is 17.1. The van der Waals surface area contributed by atoms with E-state index < -0.39 is 10.5 Å². The molecule has 0 radical (unpaired) electrons. The Morgan fingerprint density at radius 3 is 2.65 bits per heavy atom. The molecule has 7 nitrogen and oxygen atoms in total. The Balaban J connectivity index is 1.89. The number of nitro benzene ring substituents is 1. The Morgan fingerprint density at radius 1 is 1.39 bits per heavy atom. The van der Waals surface area contributed by atoms with Crippen molar-refractivity contribution in [3.63, 3.8) is 0 Å². The van der Waals surface area contributed by atoms with Crippen molar-refractivity contribution in [2.24, 2.45) is 0 Å². The van der Waals surface area contributed by atoms with E-state index in [0.717, 1.165) is 12.8 Å². The second kappa shape index (κ2) is 6.85. The summed E-state index contributed by atoms with van der Waals surface area (Å²) >= 11 is 0. The predicted molar refractivity (Wildman–Crippen MR) is 84.6 cm³/mol. The molecular formula is C16H22N2O5. The number of benzene rings is 1. The first-order valence-electron chi connectivity index (χ1n) is 7.63. The Kier molecular flexibility index (Phi) is 5.08. The molecule has 7 heteroatoms. The number of amides is 1. The molecule has 0 atom stereocenters. The molecule has 2 rings (SSSR count). The quantitative estimate of drug-likeness (QED) is 0.592. The number of ether oxygens (including phenoxy) is 2. The van der Waals surface area contributed by atoms with Crippen molar-refractivity contribution >= 4 is 11.8 Å². The highest BCUT2D eigenvalue weighted by Crippen LogP contribution is 2.28. The van der Waals surface area contributed by atoms with Crippen LogP contribution in [0.15, 0.2) is 24.3 Å². The van der Waals surface area contributed by atoms with E-state index in [4.69, 9.17) is 9.47 Å². The average molecular weight is 322 g/mol. The molecule has 1 aliphatic carbocycles. The highest BCUT2D eigenvalue weighted by atomic mass is 16.6. The molecule has 0 unspecified atom stereocenters. The first-order valence-corrected chi connectivity index (χ1v) is 7.63. The van der Waals surface area contributed by atoms with Crippen LogP contribution in [-0.2, 0) is 4.74 Å². The van der Waals surface area contributed by atoms with Crippen LogP contribution in [-0.4, -0.2) is 40.7 Å². The van der Waals surface area contributed by atoms with Gasteiger partial charge in [-0.3, -0.25) is 10.1 Å². The highest BCUT2D eigenvalue weighted by Gasteiger charge is 2.35. The van der Waals surface area contributed by atoms with Crippen LogP contribution in [0.3, 0.4) is 0 Å². The maximum absolute atomic E-state index is 12.2. The molecule has 1 aromatic carbocycles. The second-order valence-electron chi connectivity index (χ2n) is 6.51. The van der Waals surface area contributed by atoms with Gasteiger partial charge in [-0.25, -0.2) is 4.79 Å². The number of nitrogens with zero attached hydrogens (tertiary/aromatic N) is 2. The summed E-state index contributed by atoms with van der Waals surface area (Å²) in [4.78, 5) is 24.1. The minimum Gasteiger partial charge on any atom is -0.491 e. The van der Waals surface area contributed by atoms with Crippen LogP contribution < -0.4 is 4.74 Å². The van der Waals surface area contributed by atoms with Gasteiger partial charge in [0.25, 0.3) is 5.69 Å². The lowest BCUT2D eigenvalue weighted by atomic mass is 10.2. The zero-order chi connectivity index (χ0) is 17.0. The van der Waals surface area contributed by atoms with E-state index in [1.807, 2.05) is 20.8 Å². The lowest BCUT2D eigenvalue weighted by Gasteiger charge is -2.27. The zero-order valence-corrected chi connectivity index (χ0v) is 13.7. The molecule has 0 heterocycles. The smallest absolute Gasteiger partial charge is 0.410 e. The lowest BCUT2D eigenvalue weighted by Crippen LogP contribution is -2.40. The predicted octanol–water partition coefficient (Wildman–Crippen LogP) is 3.37. The summed E-state index contributed by atoms with van der Waals surface area (Å²) in [5, 5.41) is 10.7. The van der Waals surface area contributed by atoms with E-state index in [1.165, 1.54) is 12.1 Å². The fraction of sp³-hybridized carbons (Fsp3) is 0.562. The van der Waals surface area contributed by atoms with Gasteiger partial charge in [0.1, 0.15) is 18.0 Å². The molecule has 0 N–H and O–H groups in total. The fourth-order valence-corrected chi connectivity index (χ4v) is 2.08. The maximum atomic E-state index is 12.2. The summed E-state index contributed by atoms with van der Waals surface area (Å²) in [5.74, 6) is 0.416. The van der Waals surface area contributed by atoms with Crippen molar-refractivity contribution in [3.8, 4) is 5.75 Å². The number of non-ortho nitro benzene ring substituents is 1. The molecule has 0 saturated heterocycles. The molecule has 0 aliphatic heterocycles.